The number of fused-ring (bicyclic) bond motifs is 1. The second-order valence-electron chi connectivity index (χ2n) is 5.27. The predicted octanol–water partition coefficient (Wildman–Crippen LogP) is 3.95. The molecule has 1 aliphatic carbocycles. The van der Waals surface area contributed by atoms with Gasteiger partial charge in [-0.3, -0.25) is 0 Å². The lowest BCUT2D eigenvalue weighted by molar-refractivity contribution is -0.0612. The van der Waals surface area contributed by atoms with E-state index in [4.69, 9.17) is 4.74 Å². The Labute approximate surface area is 97.8 Å². The van der Waals surface area contributed by atoms with Crippen molar-refractivity contribution in [3.63, 3.8) is 0 Å². The van der Waals surface area contributed by atoms with E-state index in [-0.39, 0.29) is 0 Å². The van der Waals surface area contributed by atoms with Crippen LogP contribution in [-0.2, 0) is 4.74 Å². The molecule has 1 nitrogen and oxygen atoms in total. The third kappa shape index (κ3) is 2.01. The summed E-state index contributed by atoms with van der Waals surface area (Å²) in [6, 6.07) is 10.7. The maximum Gasteiger partial charge on any atom is 0.0827 e. The van der Waals surface area contributed by atoms with Gasteiger partial charge in [-0.15, -0.1) is 0 Å². The van der Waals surface area contributed by atoms with Crippen molar-refractivity contribution >= 4 is 0 Å². The summed E-state index contributed by atoms with van der Waals surface area (Å²) >= 11 is 0. The molecule has 0 N–H and O–H groups in total. The third-order valence-corrected chi connectivity index (χ3v) is 4.27. The van der Waals surface area contributed by atoms with Gasteiger partial charge in [-0.25, -0.2) is 0 Å². The van der Waals surface area contributed by atoms with Gasteiger partial charge in [0.25, 0.3) is 0 Å². The Bertz CT molecular complexity index is 333. The zero-order chi connectivity index (χ0) is 10.8. The quantitative estimate of drug-likeness (QED) is 0.690. The van der Waals surface area contributed by atoms with E-state index < -0.39 is 0 Å². The lowest BCUT2D eigenvalue weighted by atomic mass is 9.74. The summed E-state index contributed by atoms with van der Waals surface area (Å²) in [5.41, 5.74) is 1.37. The Balaban J connectivity index is 1.71. The highest BCUT2D eigenvalue weighted by atomic mass is 16.5. The van der Waals surface area contributed by atoms with Crippen LogP contribution < -0.4 is 0 Å². The Morgan fingerprint density at radius 3 is 2.50 bits per heavy atom. The normalized spacial score (nSPS) is 34.4. The maximum absolute atomic E-state index is 6.03. The van der Waals surface area contributed by atoms with Crippen molar-refractivity contribution in [3.05, 3.63) is 35.9 Å². The zero-order valence-electron chi connectivity index (χ0n) is 9.77. The van der Waals surface area contributed by atoms with E-state index in [1.165, 1.54) is 37.7 Å². The molecule has 3 atom stereocenters. The molecule has 86 valence electrons. The first-order chi connectivity index (χ1) is 7.93. The number of hydrogen-bond donors (Lipinski definition) is 0. The van der Waals surface area contributed by atoms with Crippen molar-refractivity contribution in [1.82, 2.24) is 0 Å². The van der Waals surface area contributed by atoms with Gasteiger partial charge in [-0.1, -0.05) is 43.2 Å². The average Bonchev–Trinajstić information content (AvgIpc) is 2.39. The second kappa shape index (κ2) is 4.58. The summed E-state index contributed by atoms with van der Waals surface area (Å²) in [6.45, 7) is 0.990. The summed E-state index contributed by atoms with van der Waals surface area (Å²) in [6.07, 6.45) is 7.28. The molecule has 0 spiro atoms. The monoisotopic (exact) mass is 216 g/mol. The molecule has 1 saturated heterocycles. The molecule has 2 fully saturated rings. The second-order valence-corrected chi connectivity index (χ2v) is 5.27. The van der Waals surface area contributed by atoms with E-state index in [0.717, 1.165) is 18.4 Å². The lowest BCUT2D eigenvalue weighted by Crippen LogP contribution is -2.31. The maximum atomic E-state index is 6.03. The number of benzene rings is 1. The van der Waals surface area contributed by atoms with E-state index in [2.05, 4.69) is 30.3 Å². The number of hydrogen-bond acceptors (Lipinski definition) is 1. The number of ether oxygens (including phenoxy) is 1. The van der Waals surface area contributed by atoms with Crippen LogP contribution >= 0.6 is 0 Å². The van der Waals surface area contributed by atoms with Crippen LogP contribution in [0.5, 0.6) is 0 Å². The van der Waals surface area contributed by atoms with Crippen LogP contribution in [0.1, 0.15) is 43.8 Å². The molecule has 0 bridgehead atoms. The van der Waals surface area contributed by atoms with Gasteiger partial charge in [0.05, 0.1) is 12.7 Å². The zero-order valence-corrected chi connectivity index (χ0v) is 9.77. The Hall–Kier alpha value is -0.820. The van der Waals surface area contributed by atoms with Crippen LogP contribution in [0.25, 0.3) is 0 Å². The van der Waals surface area contributed by atoms with Gasteiger partial charge < -0.3 is 4.74 Å². The molecule has 0 aromatic heterocycles. The van der Waals surface area contributed by atoms with Crippen LogP contribution in [0.4, 0.5) is 0 Å². The molecular formula is C15H20O. The minimum atomic E-state index is 0.362. The molecular weight excluding hydrogens is 196 g/mol. The Morgan fingerprint density at radius 2 is 1.69 bits per heavy atom. The van der Waals surface area contributed by atoms with E-state index in [1.54, 1.807) is 0 Å². The fraction of sp³-hybridized carbons (Fsp3) is 0.600. The van der Waals surface area contributed by atoms with E-state index in [1.807, 2.05) is 0 Å². The van der Waals surface area contributed by atoms with Crippen LogP contribution in [0.3, 0.4) is 0 Å². The van der Waals surface area contributed by atoms with E-state index in [9.17, 15) is 0 Å². The molecule has 1 heteroatoms. The van der Waals surface area contributed by atoms with Crippen molar-refractivity contribution in [2.75, 3.05) is 6.61 Å². The smallest absolute Gasteiger partial charge is 0.0827 e. The first-order valence-electron chi connectivity index (χ1n) is 6.60. The molecule has 1 saturated carbocycles. The SMILES string of the molecule is c1ccc(C2CC3CCCCC3CO2)cc1. The molecule has 1 aliphatic heterocycles. The molecule has 3 unspecified atom stereocenters. The third-order valence-electron chi connectivity index (χ3n) is 4.27. The topological polar surface area (TPSA) is 9.23 Å². The first-order valence-corrected chi connectivity index (χ1v) is 6.60. The van der Waals surface area contributed by atoms with E-state index in [0.29, 0.717) is 6.10 Å². The van der Waals surface area contributed by atoms with Gasteiger partial charge in [0.15, 0.2) is 0 Å². The fourth-order valence-corrected chi connectivity index (χ4v) is 3.30. The van der Waals surface area contributed by atoms with Crippen molar-refractivity contribution in [2.45, 2.75) is 38.2 Å². The van der Waals surface area contributed by atoms with Crippen LogP contribution in [0.15, 0.2) is 30.3 Å². The highest BCUT2D eigenvalue weighted by Gasteiger charge is 2.33. The summed E-state index contributed by atoms with van der Waals surface area (Å²) in [5, 5.41) is 0. The largest absolute Gasteiger partial charge is 0.373 e. The average molecular weight is 216 g/mol. The standard InChI is InChI=1S/C15H20O/c1-2-6-12(7-3-1)15-10-13-8-4-5-9-14(13)11-16-15/h1-3,6-7,13-15H,4-5,8-11H2. The molecule has 1 heterocycles. The molecule has 16 heavy (non-hydrogen) atoms. The molecule has 0 amide bonds. The summed E-state index contributed by atoms with van der Waals surface area (Å²) in [7, 11) is 0. The molecule has 3 rings (SSSR count). The predicted molar refractivity (Wildman–Crippen MR) is 65.2 cm³/mol. The van der Waals surface area contributed by atoms with Gasteiger partial charge in [0, 0.05) is 0 Å². The Kier molecular flexibility index (Phi) is 2.96. The van der Waals surface area contributed by atoms with Crippen molar-refractivity contribution < 1.29 is 4.74 Å². The van der Waals surface area contributed by atoms with Gasteiger partial charge in [-0.2, -0.15) is 0 Å². The van der Waals surface area contributed by atoms with Crippen molar-refractivity contribution in [1.29, 1.82) is 0 Å². The van der Waals surface area contributed by atoms with Crippen LogP contribution in [-0.4, -0.2) is 6.61 Å². The molecule has 2 aliphatic rings. The van der Waals surface area contributed by atoms with Crippen LogP contribution in [0, 0.1) is 11.8 Å². The molecule has 0 radical (unpaired) electrons. The molecule has 1 aromatic carbocycles. The summed E-state index contributed by atoms with van der Waals surface area (Å²) in [5.74, 6) is 1.78. The van der Waals surface area contributed by atoms with Gasteiger partial charge in [-0.05, 0) is 36.7 Å². The van der Waals surface area contributed by atoms with Gasteiger partial charge in [0.2, 0.25) is 0 Å². The van der Waals surface area contributed by atoms with Crippen molar-refractivity contribution in [2.24, 2.45) is 11.8 Å². The summed E-state index contributed by atoms with van der Waals surface area (Å²) < 4.78 is 6.03. The van der Waals surface area contributed by atoms with Gasteiger partial charge >= 0.3 is 0 Å². The van der Waals surface area contributed by atoms with E-state index >= 15 is 0 Å². The first kappa shape index (κ1) is 10.3. The minimum absolute atomic E-state index is 0.362. The van der Waals surface area contributed by atoms with Gasteiger partial charge in [0.1, 0.15) is 0 Å². The summed E-state index contributed by atoms with van der Waals surface area (Å²) in [4.78, 5) is 0. The number of rotatable bonds is 1. The minimum Gasteiger partial charge on any atom is -0.373 e. The highest BCUT2D eigenvalue weighted by molar-refractivity contribution is 5.18. The Morgan fingerprint density at radius 1 is 0.938 bits per heavy atom. The lowest BCUT2D eigenvalue weighted by Gasteiger charge is -2.39. The highest BCUT2D eigenvalue weighted by Crippen LogP contribution is 2.41. The van der Waals surface area contributed by atoms with Crippen LogP contribution in [0.2, 0.25) is 0 Å². The van der Waals surface area contributed by atoms with Crippen molar-refractivity contribution in [3.8, 4) is 0 Å². The fourth-order valence-electron chi connectivity index (χ4n) is 3.30. The molecule has 1 aromatic rings.